The smallest absolute Gasteiger partial charge is 0.205 e. The number of fused-ring (bicyclic) bond motifs is 1. The molecule has 2 heterocycles. The topological polar surface area (TPSA) is 56.5 Å². The summed E-state index contributed by atoms with van der Waals surface area (Å²) in [6.45, 7) is 0.328. The highest BCUT2D eigenvalue weighted by Crippen LogP contribution is 2.25. The fourth-order valence-electron chi connectivity index (χ4n) is 2.61. The van der Waals surface area contributed by atoms with Gasteiger partial charge in [0.2, 0.25) is 5.82 Å². The lowest BCUT2D eigenvalue weighted by atomic mass is 10.1. The summed E-state index contributed by atoms with van der Waals surface area (Å²) in [5, 5.41) is 13.7. The Hall–Kier alpha value is -2.51. The van der Waals surface area contributed by atoms with Crippen molar-refractivity contribution < 1.29 is 4.39 Å². The molecule has 0 aliphatic carbocycles. The van der Waals surface area contributed by atoms with Gasteiger partial charge >= 0.3 is 0 Å². The van der Waals surface area contributed by atoms with Crippen LogP contribution < -0.4 is 0 Å². The third-order valence-corrected chi connectivity index (χ3v) is 4.95. The van der Waals surface area contributed by atoms with Crippen LogP contribution in [0.25, 0.3) is 22.3 Å². The zero-order valence-corrected chi connectivity index (χ0v) is 15.3. The average Bonchev–Trinajstić information content (AvgIpc) is 3.10. The Morgan fingerprint density at radius 2 is 2.04 bits per heavy atom. The van der Waals surface area contributed by atoms with Crippen LogP contribution in [0, 0.1) is 5.82 Å². The van der Waals surface area contributed by atoms with Gasteiger partial charge in [0.25, 0.3) is 0 Å². The van der Waals surface area contributed by atoms with Gasteiger partial charge in [0, 0.05) is 21.4 Å². The molecular formula is C18H13ClFN5S. The number of benzene rings is 2. The number of tetrazole rings is 1. The molecule has 5 nitrogen and oxygen atoms in total. The molecular weight excluding hydrogens is 373 g/mol. The van der Waals surface area contributed by atoms with E-state index >= 15 is 0 Å². The predicted octanol–water partition coefficient (Wildman–Crippen LogP) is 4.45. The Labute approximate surface area is 158 Å². The molecule has 0 aliphatic rings. The van der Waals surface area contributed by atoms with Gasteiger partial charge in [-0.25, -0.2) is 9.37 Å². The van der Waals surface area contributed by atoms with E-state index in [4.69, 9.17) is 11.6 Å². The zero-order chi connectivity index (χ0) is 18.1. The summed E-state index contributed by atoms with van der Waals surface area (Å²) in [6.07, 6.45) is 2.02. The van der Waals surface area contributed by atoms with E-state index in [-0.39, 0.29) is 5.82 Å². The Balaban J connectivity index is 1.64. The molecule has 0 unspecified atom stereocenters. The van der Waals surface area contributed by atoms with Crippen molar-refractivity contribution in [2.24, 2.45) is 0 Å². The van der Waals surface area contributed by atoms with Crippen molar-refractivity contribution in [2.45, 2.75) is 11.4 Å². The molecule has 2 aromatic heterocycles. The maximum atomic E-state index is 13.4. The molecule has 2 aromatic carbocycles. The first-order chi connectivity index (χ1) is 12.6. The monoisotopic (exact) mass is 385 g/mol. The minimum Gasteiger partial charge on any atom is -0.236 e. The summed E-state index contributed by atoms with van der Waals surface area (Å²) in [7, 11) is 0. The van der Waals surface area contributed by atoms with Gasteiger partial charge in [0.1, 0.15) is 11.0 Å². The molecule has 0 amide bonds. The first-order valence-corrected chi connectivity index (χ1v) is 9.39. The Bertz CT molecular complexity index is 1100. The van der Waals surface area contributed by atoms with Crippen molar-refractivity contribution in [3.05, 3.63) is 65.1 Å². The number of aromatic nitrogens is 5. The Morgan fingerprint density at radius 1 is 1.15 bits per heavy atom. The first-order valence-electron chi connectivity index (χ1n) is 7.79. The van der Waals surface area contributed by atoms with Crippen LogP contribution in [0.3, 0.4) is 0 Å². The minimum atomic E-state index is -0.342. The van der Waals surface area contributed by atoms with Crippen LogP contribution in [-0.2, 0) is 6.54 Å². The molecule has 0 N–H and O–H groups in total. The van der Waals surface area contributed by atoms with Crippen molar-refractivity contribution in [1.29, 1.82) is 0 Å². The van der Waals surface area contributed by atoms with Crippen LogP contribution >= 0.6 is 23.4 Å². The summed E-state index contributed by atoms with van der Waals surface area (Å²) in [4.78, 5) is 7.02. The van der Waals surface area contributed by atoms with E-state index in [1.807, 2.05) is 30.5 Å². The third kappa shape index (κ3) is 3.40. The maximum Gasteiger partial charge on any atom is 0.205 e. The fraction of sp³-hybridized carbons (Fsp3) is 0.111. The molecule has 130 valence electrons. The number of halogens is 2. The van der Waals surface area contributed by atoms with Gasteiger partial charge in [-0.1, -0.05) is 29.8 Å². The SMILES string of the molecule is CSc1ccc2cc(Cn3nnc(-c4cccc(F)c4)n3)c(Cl)nc2c1. The molecule has 4 rings (SSSR count). The molecule has 4 aromatic rings. The molecule has 0 saturated heterocycles. The van der Waals surface area contributed by atoms with Crippen molar-refractivity contribution >= 4 is 34.3 Å². The lowest BCUT2D eigenvalue weighted by molar-refractivity contribution is 0.572. The van der Waals surface area contributed by atoms with Crippen molar-refractivity contribution in [3.8, 4) is 11.4 Å². The van der Waals surface area contributed by atoms with Gasteiger partial charge < -0.3 is 0 Å². The lowest BCUT2D eigenvalue weighted by Crippen LogP contribution is -2.05. The van der Waals surface area contributed by atoms with E-state index in [0.717, 1.165) is 21.4 Å². The Kier molecular flexibility index (Phi) is 4.57. The lowest BCUT2D eigenvalue weighted by Gasteiger charge is -2.06. The quantitative estimate of drug-likeness (QED) is 0.383. The van der Waals surface area contributed by atoms with Gasteiger partial charge in [0.05, 0.1) is 12.1 Å². The highest BCUT2D eigenvalue weighted by molar-refractivity contribution is 7.98. The highest BCUT2D eigenvalue weighted by atomic mass is 35.5. The van der Waals surface area contributed by atoms with Crippen LogP contribution in [0.5, 0.6) is 0 Å². The van der Waals surface area contributed by atoms with Gasteiger partial charge in [0.15, 0.2) is 0 Å². The van der Waals surface area contributed by atoms with Crippen molar-refractivity contribution in [3.63, 3.8) is 0 Å². The largest absolute Gasteiger partial charge is 0.236 e. The van der Waals surface area contributed by atoms with E-state index in [2.05, 4.69) is 20.4 Å². The van der Waals surface area contributed by atoms with Gasteiger partial charge in [-0.3, -0.25) is 0 Å². The van der Waals surface area contributed by atoms with Gasteiger partial charge in [-0.2, -0.15) is 4.80 Å². The Morgan fingerprint density at radius 3 is 2.85 bits per heavy atom. The molecule has 0 fully saturated rings. The number of pyridine rings is 1. The molecule has 0 aliphatic heterocycles. The molecule has 0 atom stereocenters. The molecule has 8 heteroatoms. The number of rotatable bonds is 4. The number of thioether (sulfide) groups is 1. The summed E-state index contributed by atoms with van der Waals surface area (Å²) in [5.74, 6) is 0.0178. The summed E-state index contributed by atoms with van der Waals surface area (Å²) >= 11 is 7.99. The minimum absolute atomic E-state index is 0.328. The van der Waals surface area contributed by atoms with E-state index < -0.39 is 0 Å². The molecule has 26 heavy (non-hydrogen) atoms. The van der Waals surface area contributed by atoms with Gasteiger partial charge in [-0.05, 0) is 41.8 Å². The van der Waals surface area contributed by atoms with Crippen LogP contribution in [0.15, 0.2) is 53.4 Å². The fourth-order valence-corrected chi connectivity index (χ4v) is 3.25. The number of hydrogen-bond acceptors (Lipinski definition) is 5. The summed E-state index contributed by atoms with van der Waals surface area (Å²) < 4.78 is 13.4. The van der Waals surface area contributed by atoms with E-state index in [1.54, 1.807) is 23.9 Å². The molecule has 0 radical (unpaired) electrons. The van der Waals surface area contributed by atoms with Crippen LogP contribution in [0.1, 0.15) is 5.56 Å². The second-order valence-electron chi connectivity index (χ2n) is 5.65. The van der Waals surface area contributed by atoms with Crippen LogP contribution in [-0.4, -0.2) is 31.4 Å². The zero-order valence-electron chi connectivity index (χ0n) is 13.7. The molecule has 0 spiro atoms. The van der Waals surface area contributed by atoms with E-state index in [0.29, 0.717) is 23.1 Å². The first kappa shape index (κ1) is 16.9. The molecule has 0 saturated carbocycles. The second kappa shape index (κ2) is 7.01. The van der Waals surface area contributed by atoms with E-state index in [1.165, 1.54) is 16.9 Å². The van der Waals surface area contributed by atoms with Gasteiger partial charge in [-0.15, -0.1) is 22.0 Å². The summed E-state index contributed by atoms with van der Waals surface area (Å²) in [5.41, 5.74) is 2.21. The standard InChI is InChI=1S/C18H13ClFN5S/c1-26-15-6-5-11-7-13(17(19)21-16(11)9-15)10-25-23-18(22-24-25)12-3-2-4-14(20)8-12/h2-9H,10H2,1H3. The van der Waals surface area contributed by atoms with Crippen molar-refractivity contribution in [1.82, 2.24) is 25.2 Å². The maximum absolute atomic E-state index is 13.4. The average molecular weight is 386 g/mol. The predicted molar refractivity (Wildman–Crippen MR) is 101 cm³/mol. The molecule has 0 bridgehead atoms. The number of nitrogens with zero attached hydrogens (tertiary/aromatic N) is 5. The van der Waals surface area contributed by atoms with Crippen molar-refractivity contribution in [2.75, 3.05) is 6.26 Å². The third-order valence-electron chi connectivity index (χ3n) is 3.90. The van der Waals surface area contributed by atoms with Crippen LogP contribution in [0.2, 0.25) is 5.15 Å². The van der Waals surface area contributed by atoms with E-state index in [9.17, 15) is 4.39 Å². The summed E-state index contributed by atoms with van der Waals surface area (Å²) in [6, 6.07) is 14.1. The highest BCUT2D eigenvalue weighted by Gasteiger charge is 2.11. The van der Waals surface area contributed by atoms with Crippen LogP contribution in [0.4, 0.5) is 4.39 Å². The normalized spacial score (nSPS) is 11.2. The number of hydrogen-bond donors (Lipinski definition) is 0. The second-order valence-corrected chi connectivity index (χ2v) is 6.89.